The molecule has 0 saturated carbocycles. The van der Waals surface area contributed by atoms with E-state index in [4.69, 9.17) is 16.3 Å². The molecule has 0 bridgehead atoms. The SMILES string of the molecule is CCOc1cc(OC(F)F)c(CBr)cc1Cl. The van der Waals surface area contributed by atoms with Crippen molar-refractivity contribution in [1.29, 1.82) is 0 Å². The average Bonchev–Trinajstić information content (AvgIpc) is 2.22. The van der Waals surface area contributed by atoms with E-state index in [1.807, 2.05) is 0 Å². The first-order valence-corrected chi connectivity index (χ1v) is 6.04. The third-order valence-electron chi connectivity index (χ3n) is 1.77. The van der Waals surface area contributed by atoms with Gasteiger partial charge in [0.15, 0.2) is 0 Å². The van der Waals surface area contributed by atoms with Crippen LogP contribution in [0.15, 0.2) is 12.1 Å². The molecule has 1 rings (SSSR count). The van der Waals surface area contributed by atoms with E-state index in [2.05, 4.69) is 20.7 Å². The van der Waals surface area contributed by atoms with Gasteiger partial charge in [-0.2, -0.15) is 8.78 Å². The fourth-order valence-corrected chi connectivity index (χ4v) is 1.83. The summed E-state index contributed by atoms with van der Waals surface area (Å²) in [6.45, 7) is -0.683. The molecule has 6 heteroatoms. The Morgan fingerprint density at radius 2 is 2.06 bits per heavy atom. The van der Waals surface area contributed by atoms with Crippen LogP contribution in [-0.2, 0) is 5.33 Å². The molecule has 1 aromatic rings. The summed E-state index contributed by atoms with van der Waals surface area (Å²) in [5.41, 5.74) is 0.550. The lowest BCUT2D eigenvalue weighted by atomic mass is 10.2. The van der Waals surface area contributed by atoms with E-state index in [0.717, 1.165) is 0 Å². The van der Waals surface area contributed by atoms with Crippen molar-refractivity contribution in [2.24, 2.45) is 0 Å². The number of ether oxygens (including phenoxy) is 2. The molecule has 0 spiro atoms. The van der Waals surface area contributed by atoms with Crippen LogP contribution in [0.5, 0.6) is 11.5 Å². The predicted molar refractivity (Wildman–Crippen MR) is 61.9 cm³/mol. The number of alkyl halides is 3. The lowest BCUT2D eigenvalue weighted by Crippen LogP contribution is -2.05. The van der Waals surface area contributed by atoms with Gasteiger partial charge in [-0.15, -0.1) is 0 Å². The summed E-state index contributed by atoms with van der Waals surface area (Å²) in [7, 11) is 0. The van der Waals surface area contributed by atoms with E-state index >= 15 is 0 Å². The van der Waals surface area contributed by atoms with E-state index < -0.39 is 6.61 Å². The Balaban J connectivity index is 3.07. The minimum Gasteiger partial charge on any atom is -0.492 e. The van der Waals surface area contributed by atoms with E-state index in [-0.39, 0.29) is 5.75 Å². The summed E-state index contributed by atoms with van der Waals surface area (Å²) >= 11 is 9.08. The van der Waals surface area contributed by atoms with Crippen molar-refractivity contribution in [3.8, 4) is 11.5 Å². The number of hydrogen-bond donors (Lipinski definition) is 0. The highest BCUT2D eigenvalue weighted by Gasteiger charge is 2.13. The Kier molecular flexibility index (Phi) is 5.28. The van der Waals surface area contributed by atoms with Gasteiger partial charge in [0.05, 0.1) is 11.6 Å². The van der Waals surface area contributed by atoms with Crippen molar-refractivity contribution in [3.63, 3.8) is 0 Å². The number of hydrogen-bond acceptors (Lipinski definition) is 2. The summed E-state index contributed by atoms with van der Waals surface area (Å²) in [6, 6.07) is 2.91. The van der Waals surface area contributed by atoms with Gasteiger partial charge < -0.3 is 9.47 Å². The molecule has 0 unspecified atom stereocenters. The molecule has 90 valence electrons. The van der Waals surface area contributed by atoms with Crippen LogP contribution in [0.2, 0.25) is 5.02 Å². The smallest absolute Gasteiger partial charge is 0.387 e. The van der Waals surface area contributed by atoms with Gasteiger partial charge in [0, 0.05) is 17.0 Å². The molecule has 0 fully saturated rings. The third-order valence-corrected chi connectivity index (χ3v) is 2.67. The molecule has 0 atom stereocenters. The monoisotopic (exact) mass is 314 g/mol. The Labute approximate surface area is 106 Å². The van der Waals surface area contributed by atoms with Crippen LogP contribution in [0.25, 0.3) is 0 Å². The lowest BCUT2D eigenvalue weighted by molar-refractivity contribution is -0.0504. The second-order valence-corrected chi connectivity index (χ2v) is 3.80. The van der Waals surface area contributed by atoms with Gasteiger partial charge in [0.25, 0.3) is 0 Å². The molecule has 0 N–H and O–H groups in total. The zero-order chi connectivity index (χ0) is 12.1. The van der Waals surface area contributed by atoms with Crippen molar-refractivity contribution in [2.45, 2.75) is 18.9 Å². The average molecular weight is 316 g/mol. The zero-order valence-corrected chi connectivity index (χ0v) is 10.8. The molecule has 0 aromatic heterocycles. The summed E-state index contributed by atoms with van der Waals surface area (Å²) in [6.07, 6.45) is 0. The maximum Gasteiger partial charge on any atom is 0.387 e. The maximum atomic E-state index is 12.1. The van der Waals surface area contributed by atoms with Crippen molar-refractivity contribution >= 4 is 27.5 Å². The highest BCUT2D eigenvalue weighted by Crippen LogP contribution is 2.34. The minimum absolute atomic E-state index is 0.0692. The van der Waals surface area contributed by atoms with Crippen molar-refractivity contribution in [1.82, 2.24) is 0 Å². The number of rotatable bonds is 5. The summed E-state index contributed by atoms with van der Waals surface area (Å²) in [5, 5.41) is 0.749. The third kappa shape index (κ3) is 3.49. The van der Waals surface area contributed by atoms with E-state index in [1.165, 1.54) is 6.07 Å². The standard InChI is InChI=1S/C10H10BrClF2O2/c1-2-15-9-4-8(16-10(13)14)6(5-11)3-7(9)12/h3-4,10H,2,5H2,1H3. The lowest BCUT2D eigenvalue weighted by Gasteiger charge is -2.12. The summed E-state index contributed by atoms with van der Waals surface area (Å²) < 4.78 is 33.8. The van der Waals surface area contributed by atoms with E-state index in [1.54, 1.807) is 13.0 Å². The van der Waals surface area contributed by atoms with Gasteiger partial charge in [-0.05, 0) is 13.0 Å². The molecule has 0 amide bonds. The molecule has 0 heterocycles. The van der Waals surface area contributed by atoms with Gasteiger partial charge in [-0.3, -0.25) is 0 Å². The molecular weight excluding hydrogens is 305 g/mol. The van der Waals surface area contributed by atoms with Gasteiger partial charge in [-0.1, -0.05) is 27.5 Å². The minimum atomic E-state index is -2.87. The second-order valence-electron chi connectivity index (χ2n) is 2.84. The predicted octanol–water partition coefficient (Wildman–Crippen LogP) is 4.24. The highest BCUT2D eigenvalue weighted by molar-refractivity contribution is 9.08. The van der Waals surface area contributed by atoms with Crippen LogP contribution in [0, 0.1) is 0 Å². The van der Waals surface area contributed by atoms with Crippen LogP contribution in [0.1, 0.15) is 12.5 Å². The number of benzene rings is 1. The van der Waals surface area contributed by atoms with E-state index in [9.17, 15) is 8.78 Å². The molecule has 2 nitrogen and oxygen atoms in total. The fourth-order valence-electron chi connectivity index (χ4n) is 1.15. The first-order valence-electron chi connectivity index (χ1n) is 4.54. The van der Waals surface area contributed by atoms with Crippen LogP contribution in [0.3, 0.4) is 0 Å². The summed E-state index contributed by atoms with van der Waals surface area (Å²) in [4.78, 5) is 0. The topological polar surface area (TPSA) is 18.5 Å². The summed E-state index contributed by atoms with van der Waals surface area (Å²) in [5.74, 6) is 0.407. The Morgan fingerprint density at radius 3 is 2.56 bits per heavy atom. The molecule has 1 aromatic carbocycles. The molecular formula is C10H10BrClF2O2. The molecule has 0 aliphatic rings. The Bertz CT molecular complexity index is 361. The van der Waals surface area contributed by atoms with Gasteiger partial charge in [0.2, 0.25) is 0 Å². The van der Waals surface area contributed by atoms with Crippen LogP contribution >= 0.6 is 27.5 Å². The van der Waals surface area contributed by atoms with Crippen LogP contribution < -0.4 is 9.47 Å². The number of halogens is 4. The molecule has 16 heavy (non-hydrogen) atoms. The molecule has 0 aliphatic carbocycles. The van der Waals surface area contributed by atoms with Gasteiger partial charge >= 0.3 is 6.61 Å². The Hall–Kier alpha value is -0.550. The quantitative estimate of drug-likeness (QED) is 0.757. The largest absolute Gasteiger partial charge is 0.492 e. The maximum absolute atomic E-state index is 12.1. The second kappa shape index (κ2) is 6.25. The first-order chi connectivity index (χ1) is 7.58. The van der Waals surface area contributed by atoms with Crippen LogP contribution in [0.4, 0.5) is 8.78 Å². The van der Waals surface area contributed by atoms with Gasteiger partial charge in [-0.25, -0.2) is 0 Å². The van der Waals surface area contributed by atoms with E-state index in [0.29, 0.717) is 28.3 Å². The first kappa shape index (κ1) is 13.5. The van der Waals surface area contributed by atoms with Crippen molar-refractivity contribution in [2.75, 3.05) is 6.61 Å². The highest BCUT2D eigenvalue weighted by atomic mass is 79.9. The fraction of sp³-hybridized carbons (Fsp3) is 0.400. The molecule has 0 saturated heterocycles. The zero-order valence-electron chi connectivity index (χ0n) is 8.47. The Morgan fingerprint density at radius 1 is 1.38 bits per heavy atom. The molecule has 0 aliphatic heterocycles. The van der Waals surface area contributed by atoms with Crippen molar-refractivity contribution < 1.29 is 18.3 Å². The van der Waals surface area contributed by atoms with Crippen LogP contribution in [-0.4, -0.2) is 13.2 Å². The van der Waals surface area contributed by atoms with Crippen molar-refractivity contribution in [3.05, 3.63) is 22.7 Å². The molecule has 0 radical (unpaired) electrons. The normalized spacial score (nSPS) is 10.6. The van der Waals surface area contributed by atoms with Gasteiger partial charge in [0.1, 0.15) is 11.5 Å².